The van der Waals surface area contributed by atoms with Crippen LogP contribution in [0, 0.1) is 5.92 Å². The van der Waals surface area contributed by atoms with Crippen LogP contribution in [0.15, 0.2) is 47.3 Å². The maximum atomic E-state index is 12.9. The molecule has 0 bridgehead atoms. The fourth-order valence-corrected chi connectivity index (χ4v) is 3.06. The highest BCUT2D eigenvalue weighted by Crippen LogP contribution is 2.34. The molecule has 1 fully saturated rings. The predicted molar refractivity (Wildman–Crippen MR) is 85.9 cm³/mol. The molecular weight excluding hydrogens is 292 g/mol. The van der Waals surface area contributed by atoms with E-state index in [1.807, 2.05) is 17.0 Å². The largest absolute Gasteiger partial charge is 0.479 e. The molecule has 3 atom stereocenters. The minimum Gasteiger partial charge on any atom is -0.479 e. The van der Waals surface area contributed by atoms with E-state index in [4.69, 9.17) is 9.15 Å². The molecule has 122 valence electrons. The maximum absolute atomic E-state index is 12.9. The summed E-state index contributed by atoms with van der Waals surface area (Å²) in [6, 6.07) is 7.39. The van der Waals surface area contributed by atoms with E-state index in [-0.39, 0.29) is 11.9 Å². The summed E-state index contributed by atoms with van der Waals surface area (Å²) in [4.78, 5) is 18.8. The first-order chi connectivity index (χ1) is 11.1. The van der Waals surface area contributed by atoms with Gasteiger partial charge in [0.2, 0.25) is 0 Å². The van der Waals surface area contributed by atoms with Crippen molar-refractivity contribution >= 4 is 5.91 Å². The van der Waals surface area contributed by atoms with E-state index in [2.05, 4.69) is 11.9 Å². The molecule has 5 heteroatoms. The Morgan fingerprint density at radius 1 is 1.43 bits per heavy atom. The Hall–Kier alpha value is -2.30. The van der Waals surface area contributed by atoms with Gasteiger partial charge in [-0.2, -0.15) is 0 Å². The van der Waals surface area contributed by atoms with E-state index in [1.165, 1.54) is 0 Å². The highest BCUT2D eigenvalue weighted by Gasteiger charge is 2.35. The Kier molecular flexibility index (Phi) is 4.65. The van der Waals surface area contributed by atoms with Gasteiger partial charge >= 0.3 is 0 Å². The summed E-state index contributed by atoms with van der Waals surface area (Å²) in [6.45, 7) is 4.73. The number of furan rings is 1. The summed E-state index contributed by atoms with van der Waals surface area (Å²) in [7, 11) is 0. The first-order valence-electron chi connectivity index (χ1n) is 8.05. The number of likely N-dealkylation sites (tertiary alicyclic amines) is 1. The third-order valence-corrected chi connectivity index (χ3v) is 4.31. The lowest BCUT2D eigenvalue weighted by Crippen LogP contribution is -2.46. The Labute approximate surface area is 136 Å². The fourth-order valence-electron chi connectivity index (χ4n) is 3.06. The van der Waals surface area contributed by atoms with Gasteiger partial charge in [0.1, 0.15) is 11.5 Å². The van der Waals surface area contributed by atoms with Gasteiger partial charge in [0.15, 0.2) is 6.10 Å². The molecule has 0 aliphatic carbocycles. The minimum atomic E-state index is -0.551. The summed E-state index contributed by atoms with van der Waals surface area (Å²) in [5.74, 6) is 2.01. The van der Waals surface area contributed by atoms with Crippen LogP contribution in [0.2, 0.25) is 0 Å². The molecule has 1 aliphatic heterocycles. The number of pyridine rings is 1. The van der Waals surface area contributed by atoms with Gasteiger partial charge in [-0.1, -0.05) is 6.92 Å². The summed E-state index contributed by atoms with van der Waals surface area (Å²) in [5.41, 5.74) is 0. The highest BCUT2D eigenvalue weighted by atomic mass is 16.5. The zero-order valence-corrected chi connectivity index (χ0v) is 13.5. The molecule has 0 saturated carbocycles. The number of carbonyl (C=O) groups excluding carboxylic acids is 1. The summed E-state index contributed by atoms with van der Waals surface area (Å²) < 4.78 is 11.3. The molecule has 2 aromatic rings. The fraction of sp³-hybridized carbons (Fsp3) is 0.444. The average Bonchev–Trinajstić information content (AvgIpc) is 3.09. The number of rotatable bonds is 4. The monoisotopic (exact) mass is 314 g/mol. The Balaban J connectivity index is 1.73. The Morgan fingerprint density at radius 3 is 3.00 bits per heavy atom. The van der Waals surface area contributed by atoms with Crippen LogP contribution in [-0.4, -0.2) is 28.4 Å². The smallest absolute Gasteiger partial charge is 0.263 e. The molecule has 3 heterocycles. The van der Waals surface area contributed by atoms with Gasteiger partial charge in [0.05, 0.1) is 18.5 Å². The highest BCUT2D eigenvalue weighted by molar-refractivity contribution is 5.81. The van der Waals surface area contributed by atoms with E-state index >= 15 is 0 Å². The van der Waals surface area contributed by atoms with Crippen molar-refractivity contribution < 1.29 is 13.9 Å². The lowest BCUT2D eigenvalue weighted by Gasteiger charge is -2.38. The molecule has 1 saturated heterocycles. The van der Waals surface area contributed by atoms with Gasteiger partial charge in [-0.25, -0.2) is 0 Å². The maximum Gasteiger partial charge on any atom is 0.263 e. The van der Waals surface area contributed by atoms with Crippen LogP contribution in [0.5, 0.6) is 5.75 Å². The second kappa shape index (κ2) is 6.86. The van der Waals surface area contributed by atoms with Gasteiger partial charge in [0.25, 0.3) is 5.91 Å². The van der Waals surface area contributed by atoms with Crippen molar-refractivity contribution in [2.75, 3.05) is 6.54 Å². The second-order valence-corrected chi connectivity index (χ2v) is 6.14. The molecule has 0 spiro atoms. The van der Waals surface area contributed by atoms with Gasteiger partial charge < -0.3 is 14.1 Å². The first-order valence-corrected chi connectivity index (χ1v) is 8.05. The summed E-state index contributed by atoms with van der Waals surface area (Å²) >= 11 is 0. The number of carbonyl (C=O) groups is 1. The van der Waals surface area contributed by atoms with E-state index in [9.17, 15) is 4.79 Å². The van der Waals surface area contributed by atoms with Crippen LogP contribution in [0.3, 0.4) is 0 Å². The van der Waals surface area contributed by atoms with Crippen molar-refractivity contribution in [3.8, 4) is 5.75 Å². The second-order valence-electron chi connectivity index (χ2n) is 6.14. The van der Waals surface area contributed by atoms with E-state index in [0.29, 0.717) is 11.7 Å². The molecule has 0 radical (unpaired) electrons. The standard InChI is InChI=1S/C18H22N2O3/c1-13-7-9-20(16(11-13)17-6-4-10-22-17)18(21)14(2)23-15-5-3-8-19-12-15/h3-6,8,10,12-14,16H,7,9,11H2,1-2H3/t13-,14-,16-/m1/s1. The molecule has 1 amide bonds. The van der Waals surface area contributed by atoms with Crippen molar-refractivity contribution in [3.63, 3.8) is 0 Å². The average molecular weight is 314 g/mol. The first kappa shape index (κ1) is 15.6. The Bertz CT molecular complexity index is 627. The van der Waals surface area contributed by atoms with Crippen molar-refractivity contribution in [1.82, 2.24) is 9.88 Å². The van der Waals surface area contributed by atoms with E-state index in [0.717, 1.165) is 25.1 Å². The number of ether oxygens (including phenoxy) is 1. The molecule has 0 unspecified atom stereocenters. The quantitative estimate of drug-likeness (QED) is 0.867. The zero-order valence-electron chi connectivity index (χ0n) is 13.5. The molecule has 1 aliphatic rings. The molecule has 23 heavy (non-hydrogen) atoms. The molecule has 0 aromatic carbocycles. The molecule has 3 rings (SSSR count). The van der Waals surface area contributed by atoms with E-state index < -0.39 is 6.10 Å². The van der Waals surface area contributed by atoms with Gasteiger partial charge in [-0.15, -0.1) is 0 Å². The number of hydrogen-bond acceptors (Lipinski definition) is 4. The zero-order chi connectivity index (χ0) is 16.2. The van der Waals surface area contributed by atoms with Crippen LogP contribution >= 0.6 is 0 Å². The number of nitrogens with zero attached hydrogens (tertiary/aromatic N) is 2. The molecular formula is C18H22N2O3. The molecule has 0 N–H and O–H groups in total. The van der Waals surface area contributed by atoms with Crippen LogP contribution in [0.25, 0.3) is 0 Å². The van der Waals surface area contributed by atoms with Crippen LogP contribution < -0.4 is 4.74 Å². The number of amides is 1. The minimum absolute atomic E-state index is 0.0119. The third kappa shape index (κ3) is 3.55. The van der Waals surface area contributed by atoms with Crippen molar-refractivity contribution in [2.45, 2.75) is 38.8 Å². The molecule has 2 aromatic heterocycles. The Morgan fingerprint density at radius 2 is 2.30 bits per heavy atom. The van der Waals surface area contributed by atoms with Crippen molar-refractivity contribution in [1.29, 1.82) is 0 Å². The molecule has 5 nitrogen and oxygen atoms in total. The van der Waals surface area contributed by atoms with Crippen molar-refractivity contribution in [2.24, 2.45) is 5.92 Å². The summed E-state index contributed by atoms with van der Waals surface area (Å²) in [5, 5.41) is 0. The van der Waals surface area contributed by atoms with Gasteiger partial charge in [0, 0.05) is 12.7 Å². The van der Waals surface area contributed by atoms with Gasteiger partial charge in [-0.3, -0.25) is 9.78 Å². The lowest BCUT2D eigenvalue weighted by molar-refractivity contribution is -0.143. The van der Waals surface area contributed by atoms with E-state index in [1.54, 1.807) is 37.7 Å². The topological polar surface area (TPSA) is 55.6 Å². The van der Waals surface area contributed by atoms with Crippen LogP contribution in [-0.2, 0) is 4.79 Å². The van der Waals surface area contributed by atoms with Crippen molar-refractivity contribution in [3.05, 3.63) is 48.7 Å². The van der Waals surface area contributed by atoms with Crippen LogP contribution in [0.4, 0.5) is 0 Å². The number of hydrogen-bond donors (Lipinski definition) is 0. The normalized spacial score (nSPS) is 22.6. The predicted octanol–water partition coefficient (Wildman–Crippen LogP) is 3.44. The number of aromatic nitrogens is 1. The SMILES string of the molecule is C[C@@H]1CCN(C(=O)[C@@H](C)Oc2cccnc2)[C@@H](c2ccco2)C1. The lowest BCUT2D eigenvalue weighted by atomic mass is 9.90. The third-order valence-electron chi connectivity index (χ3n) is 4.31. The summed E-state index contributed by atoms with van der Waals surface area (Å²) in [6.07, 6.45) is 6.32. The van der Waals surface area contributed by atoms with Crippen LogP contribution in [0.1, 0.15) is 38.5 Å². The van der Waals surface area contributed by atoms with Gasteiger partial charge in [-0.05, 0) is 49.9 Å². The number of piperidine rings is 1.